The summed E-state index contributed by atoms with van der Waals surface area (Å²) >= 11 is 0. The minimum absolute atomic E-state index is 0.134. The molecule has 3 aromatic rings. The summed E-state index contributed by atoms with van der Waals surface area (Å²) in [6.45, 7) is 2.43. The second-order valence-electron chi connectivity index (χ2n) is 11.8. The highest BCUT2D eigenvalue weighted by molar-refractivity contribution is 6.05. The molecule has 2 bridgehead atoms. The van der Waals surface area contributed by atoms with Crippen molar-refractivity contribution < 1.29 is 24.2 Å². The van der Waals surface area contributed by atoms with Crippen molar-refractivity contribution in [2.45, 2.75) is 62.7 Å². The number of likely N-dealkylation sites (tertiary alicyclic amines) is 1. The van der Waals surface area contributed by atoms with Crippen molar-refractivity contribution in [2.75, 3.05) is 23.8 Å². The molecule has 0 radical (unpaired) electrons. The molecule has 5 atom stereocenters. The van der Waals surface area contributed by atoms with Crippen LogP contribution in [0.3, 0.4) is 0 Å². The molecule has 2 unspecified atom stereocenters. The fourth-order valence-corrected chi connectivity index (χ4v) is 7.33. The summed E-state index contributed by atoms with van der Waals surface area (Å²) in [6.07, 6.45) is 4.21. The normalized spacial score (nSPS) is 28.2. The van der Waals surface area contributed by atoms with Crippen molar-refractivity contribution in [2.24, 2.45) is 11.8 Å². The zero-order chi connectivity index (χ0) is 28.6. The molecule has 6 rings (SSSR count). The second-order valence-corrected chi connectivity index (χ2v) is 11.8. The van der Waals surface area contributed by atoms with Crippen molar-refractivity contribution >= 4 is 39.9 Å². The number of aliphatic hydroxyl groups is 1. The van der Waals surface area contributed by atoms with Gasteiger partial charge in [0.15, 0.2) is 0 Å². The van der Waals surface area contributed by atoms with Crippen molar-refractivity contribution in [3.63, 3.8) is 0 Å². The first-order valence-corrected chi connectivity index (χ1v) is 14.6. The summed E-state index contributed by atoms with van der Waals surface area (Å²) in [7, 11) is 0. The molecule has 8 heteroatoms. The number of nitrogens with zero attached hydrogens (tertiary/aromatic N) is 1. The van der Waals surface area contributed by atoms with E-state index in [-0.39, 0.29) is 24.3 Å². The summed E-state index contributed by atoms with van der Waals surface area (Å²) in [5.74, 6) is -2.19. The van der Waals surface area contributed by atoms with Crippen LogP contribution in [0, 0.1) is 11.8 Å². The van der Waals surface area contributed by atoms with Crippen molar-refractivity contribution in [3.05, 3.63) is 72.8 Å². The van der Waals surface area contributed by atoms with Crippen LogP contribution in [-0.4, -0.2) is 58.1 Å². The van der Waals surface area contributed by atoms with E-state index in [4.69, 9.17) is 9.84 Å². The van der Waals surface area contributed by atoms with E-state index in [0.29, 0.717) is 43.6 Å². The van der Waals surface area contributed by atoms with Crippen LogP contribution in [0.4, 0.5) is 11.4 Å². The largest absolute Gasteiger partial charge is 0.396 e. The number of benzene rings is 3. The maximum atomic E-state index is 14.2. The molecule has 3 amide bonds. The molecule has 41 heavy (non-hydrogen) atoms. The predicted octanol–water partition coefficient (Wildman–Crippen LogP) is 4.73. The van der Waals surface area contributed by atoms with E-state index in [1.165, 1.54) is 0 Å². The topological polar surface area (TPSA) is 108 Å². The van der Waals surface area contributed by atoms with Gasteiger partial charge in [-0.2, -0.15) is 0 Å². The first-order valence-electron chi connectivity index (χ1n) is 14.6. The van der Waals surface area contributed by atoms with Gasteiger partial charge in [-0.05, 0) is 67.6 Å². The Morgan fingerprint density at radius 2 is 1.59 bits per heavy atom. The molecule has 8 nitrogen and oxygen atoms in total. The molecule has 1 spiro atoms. The van der Waals surface area contributed by atoms with E-state index in [1.807, 2.05) is 79.7 Å². The number of aliphatic hydroxyl groups excluding tert-OH is 1. The standard InChI is InChI=1S/C33H37N3O5/c1-32-17-18-33(41-32)27(26(32)29(38)34-24-13-5-4-6-14-24)31(40)36(19-9-2-3-10-20-37)28(33)30(39)35-25-16-15-22-11-7-8-12-23(22)21-25/h4-8,11-16,21,26-28,37H,2-3,9-10,17-20H2,1H3,(H,34,38)(H,35,39)/t26-,27-,28?,32+,33?/m0/s1. The summed E-state index contributed by atoms with van der Waals surface area (Å²) in [6, 6.07) is 22.1. The molecule has 3 aliphatic rings. The number of rotatable bonds is 10. The zero-order valence-corrected chi connectivity index (χ0v) is 23.3. The average Bonchev–Trinajstić information content (AvgIpc) is 3.54. The van der Waals surface area contributed by atoms with Gasteiger partial charge in [-0.3, -0.25) is 14.4 Å². The molecule has 3 fully saturated rings. The first-order chi connectivity index (χ1) is 19.9. The summed E-state index contributed by atoms with van der Waals surface area (Å²) < 4.78 is 6.71. The molecule has 3 saturated heterocycles. The van der Waals surface area contributed by atoms with Gasteiger partial charge in [-0.25, -0.2) is 0 Å². The highest BCUT2D eigenvalue weighted by atomic mass is 16.5. The molecule has 0 saturated carbocycles. The highest BCUT2D eigenvalue weighted by Gasteiger charge is 2.77. The van der Waals surface area contributed by atoms with Gasteiger partial charge in [-0.1, -0.05) is 61.4 Å². The number of hydrogen-bond donors (Lipinski definition) is 3. The van der Waals surface area contributed by atoms with Gasteiger partial charge in [0.25, 0.3) is 0 Å². The lowest BCUT2D eigenvalue weighted by Gasteiger charge is -2.33. The van der Waals surface area contributed by atoms with Crippen LogP contribution in [0.15, 0.2) is 72.8 Å². The van der Waals surface area contributed by atoms with E-state index < -0.39 is 29.1 Å². The van der Waals surface area contributed by atoms with Gasteiger partial charge >= 0.3 is 0 Å². The lowest BCUT2D eigenvalue weighted by atomic mass is 9.66. The van der Waals surface area contributed by atoms with Crippen LogP contribution < -0.4 is 10.6 Å². The van der Waals surface area contributed by atoms with Gasteiger partial charge in [0.2, 0.25) is 17.7 Å². The Kier molecular flexibility index (Phi) is 7.30. The smallest absolute Gasteiger partial charge is 0.250 e. The van der Waals surface area contributed by atoms with E-state index in [1.54, 1.807) is 4.90 Å². The fraction of sp³-hybridized carbons (Fsp3) is 0.424. The molecular weight excluding hydrogens is 518 g/mol. The van der Waals surface area contributed by atoms with Crippen LogP contribution in [0.1, 0.15) is 45.4 Å². The molecule has 3 N–H and O–H groups in total. The number of carbonyl (C=O) groups is 3. The Morgan fingerprint density at radius 1 is 0.878 bits per heavy atom. The third-order valence-electron chi connectivity index (χ3n) is 9.17. The molecule has 3 heterocycles. The van der Waals surface area contributed by atoms with Crippen LogP contribution in [0.5, 0.6) is 0 Å². The van der Waals surface area contributed by atoms with Crippen molar-refractivity contribution in [1.29, 1.82) is 0 Å². The zero-order valence-electron chi connectivity index (χ0n) is 23.3. The molecule has 0 aromatic heterocycles. The van der Waals surface area contributed by atoms with Gasteiger partial charge in [0.05, 0.1) is 17.4 Å². The number of ether oxygens (including phenoxy) is 1. The van der Waals surface area contributed by atoms with E-state index in [9.17, 15) is 14.4 Å². The Balaban J connectivity index is 1.31. The maximum Gasteiger partial charge on any atom is 0.250 e. The Bertz CT molecular complexity index is 1460. The van der Waals surface area contributed by atoms with E-state index >= 15 is 0 Å². The van der Waals surface area contributed by atoms with Crippen LogP contribution >= 0.6 is 0 Å². The number of hydrogen-bond acceptors (Lipinski definition) is 5. The quantitative estimate of drug-likeness (QED) is 0.314. The number of anilines is 2. The molecular formula is C33H37N3O5. The third-order valence-corrected chi connectivity index (χ3v) is 9.17. The second kappa shape index (κ2) is 10.9. The van der Waals surface area contributed by atoms with E-state index in [2.05, 4.69) is 10.6 Å². The van der Waals surface area contributed by atoms with Gasteiger partial charge in [0, 0.05) is 24.5 Å². The number of carbonyl (C=O) groups excluding carboxylic acids is 3. The Labute approximate surface area is 240 Å². The number of nitrogens with one attached hydrogen (secondary N) is 2. The van der Waals surface area contributed by atoms with Crippen LogP contribution in [0.25, 0.3) is 10.8 Å². The molecule has 3 aliphatic heterocycles. The molecule has 214 valence electrons. The minimum Gasteiger partial charge on any atom is -0.396 e. The molecule has 0 aliphatic carbocycles. The Morgan fingerprint density at radius 3 is 2.37 bits per heavy atom. The predicted molar refractivity (Wildman–Crippen MR) is 157 cm³/mol. The fourth-order valence-electron chi connectivity index (χ4n) is 7.33. The summed E-state index contributed by atoms with van der Waals surface area (Å²) in [5, 5.41) is 17.3. The average molecular weight is 556 g/mol. The van der Waals surface area contributed by atoms with Crippen LogP contribution in [0.2, 0.25) is 0 Å². The third kappa shape index (κ3) is 4.79. The van der Waals surface area contributed by atoms with Gasteiger partial charge < -0.3 is 25.4 Å². The number of fused-ring (bicyclic) bond motifs is 2. The summed E-state index contributed by atoms with van der Waals surface area (Å²) in [4.78, 5) is 43.7. The summed E-state index contributed by atoms with van der Waals surface area (Å²) in [5.41, 5.74) is -0.597. The maximum absolute atomic E-state index is 14.2. The Hall–Kier alpha value is -3.75. The van der Waals surface area contributed by atoms with Crippen molar-refractivity contribution in [3.8, 4) is 0 Å². The SMILES string of the molecule is C[C@]12CCC3(O1)C(C(=O)Nc1ccc4ccccc4c1)N(CCCCCCO)C(=O)[C@@H]3[C@H]2C(=O)Nc1ccccc1. The van der Waals surface area contributed by atoms with Crippen LogP contribution in [-0.2, 0) is 19.1 Å². The van der Waals surface area contributed by atoms with Gasteiger partial charge in [-0.15, -0.1) is 0 Å². The monoisotopic (exact) mass is 555 g/mol. The highest BCUT2D eigenvalue weighted by Crippen LogP contribution is 2.63. The first kappa shape index (κ1) is 27.4. The number of amides is 3. The van der Waals surface area contributed by atoms with Gasteiger partial charge in [0.1, 0.15) is 11.6 Å². The van der Waals surface area contributed by atoms with E-state index in [0.717, 1.165) is 23.6 Å². The number of para-hydroxylation sites is 1. The van der Waals surface area contributed by atoms with Crippen molar-refractivity contribution in [1.82, 2.24) is 4.90 Å². The number of unbranched alkanes of at least 4 members (excludes halogenated alkanes) is 3. The minimum atomic E-state index is -1.07. The lowest BCUT2D eigenvalue weighted by molar-refractivity contribution is -0.143. The lowest BCUT2D eigenvalue weighted by Crippen LogP contribution is -2.53. The molecule has 3 aromatic carbocycles.